The molecule has 1 N–H and O–H groups in total. The molecule has 0 unspecified atom stereocenters. The molecule has 140 valence electrons. The van der Waals surface area contributed by atoms with Gasteiger partial charge in [-0.15, -0.1) is 0 Å². The Bertz CT molecular complexity index is 864. The van der Waals surface area contributed by atoms with Gasteiger partial charge in [0.15, 0.2) is 6.61 Å². The Morgan fingerprint density at radius 2 is 1.89 bits per heavy atom. The van der Waals surface area contributed by atoms with Crippen molar-refractivity contribution in [3.05, 3.63) is 59.7 Å². The Morgan fingerprint density at radius 1 is 1.15 bits per heavy atom. The SMILES string of the molecule is Cc1ccc(C)c(NC(=O)COC(=O)[C@@H]2CC(=O)N(c3ccccc3)C2)c1. The number of carbonyl (C=O) groups excluding carboxylic acids is 3. The fourth-order valence-electron chi connectivity index (χ4n) is 3.03. The van der Waals surface area contributed by atoms with Crippen molar-refractivity contribution in [2.75, 3.05) is 23.4 Å². The molecule has 0 spiro atoms. The van der Waals surface area contributed by atoms with E-state index in [1.165, 1.54) is 0 Å². The maximum absolute atomic E-state index is 12.3. The molecule has 3 rings (SSSR count). The lowest BCUT2D eigenvalue weighted by molar-refractivity contribution is -0.151. The van der Waals surface area contributed by atoms with E-state index in [0.717, 1.165) is 16.8 Å². The number of anilines is 2. The largest absolute Gasteiger partial charge is 0.455 e. The molecule has 1 heterocycles. The van der Waals surface area contributed by atoms with Crippen LogP contribution in [0.15, 0.2) is 48.5 Å². The molecule has 0 aromatic heterocycles. The first-order valence-corrected chi connectivity index (χ1v) is 8.83. The molecule has 6 nitrogen and oxygen atoms in total. The van der Waals surface area contributed by atoms with E-state index in [9.17, 15) is 14.4 Å². The van der Waals surface area contributed by atoms with Crippen molar-refractivity contribution in [3.8, 4) is 0 Å². The van der Waals surface area contributed by atoms with Crippen LogP contribution in [0, 0.1) is 19.8 Å². The molecule has 2 aromatic carbocycles. The summed E-state index contributed by atoms with van der Waals surface area (Å²) in [6, 6.07) is 14.9. The number of para-hydroxylation sites is 1. The van der Waals surface area contributed by atoms with Crippen LogP contribution < -0.4 is 10.2 Å². The molecule has 27 heavy (non-hydrogen) atoms. The van der Waals surface area contributed by atoms with Crippen LogP contribution >= 0.6 is 0 Å². The lowest BCUT2D eigenvalue weighted by Crippen LogP contribution is -2.28. The van der Waals surface area contributed by atoms with Crippen LogP contribution in [-0.4, -0.2) is 30.9 Å². The van der Waals surface area contributed by atoms with Gasteiger partial charge in [-0.2, -0.15) is 0 Å². The number of hydrogen-bond donors (Lipinski definition) is 1. The highest BCUT2D eigenvalue weighted by Crippen LogP contribution is 2.25. The van der Waals surface area contributed by atoms with Gasteiger partial charge in [0.25, 0.3) is 5.91 Å². The molecule has 0 saturated carbocycles. The fourth-order valence-corrected chi connectivity index (χ4v) is 3.03. The molecule has 1 aliphatic heterocycles. The quantitative estimate of drug-likeness (QED) is 0.826. The zero-order valence-corrected chi connectivity index (χ0v) is 15.4. The van der Waals surface area contributed by atoms with E-state index >= 15 is 0 Å². The second-order valence-electron chi connectivity index (χ2n) is 6.72. The molecule has 1 saturated heterocycles. The highest BCUT2D eigenvalue weighted by molar-refractivity contribution is 6.00. The molecule has 0 radical (unpaired) electrons. The van der Waals surface area contributed by atoms with Crippen molar-refractivity contribution in [3.63, 3.8) is 0 Å². The van der Waals surface area contributed by atoms with E-state index in [0.29, 0.717) is 5.69 Å². The maximum Gasteiger partial charge on any atom is 0.311 e. The summed E-state index contributed by atoms with van der Waals surface area (Å²) in [5.74, 6) is -1.62. The number of aryl methyl sites for hydroxylation is 2. The average molecular weight is 366 g/mol. The summed E-state index contributed by atoms with van der Waals surface area (Å²) in [4.78, 5) is 38.1. The van der Waals surface area contributed by atoms with E-state index in [-0.39, 0.29) is 25.5 Å². The average Bonchev–Trinajstić information content (AvgIpc) is 3.05. The van der Waals surface area contributed by atoms with Crippen LogP contribution in [0.1, 0.15) is 17.5 Å². The zero-order chi connectivity index (χ0) is 19.4. The monoisotopic (exact) mass is 366 g/mol. The lowest BCUT2D eigenvalue weighted by Gasteiger charge is -2.16. The third-order valence-electron chi connectivity index (χ3n) is 4.54. The van der Waals surface area contributed by atoms with E-state index in [1.54, 1.807) is 4.90 Å². The van der Waals surface area contributed by atoms with Gasteiger partial charge in [-0.25, -0.2) is 0 Å². The first-order valence-electron chi connectivity index (χ1n) is 8.83. The topological polar surface area (TPSA) is 75.7 Å². The van der Waals surface area contributed by atoms with Crippen LogP contribution in [0.4, 0.5) is 11.4 Å². The molecule has 0 aliphatic carbocycles. The predicted molar refractivity (Wildman–Crippen MR) is 102 cm³/mol. The first-order chi connectivity index (χ1) is 12.9. The minimum atomic E-state index is -0.564. The van der Waals surface area contributed by atoms with Gasteiger partial charge in [0.1, 0.15) is 0 Å². The summed E-state index contributed by atoms with van der Waals surface area (Å²) < 4.78 is 5.13. The number of esters is 1. The van der Waals surface area contributed by atoms with Gasteiger partial charge in [0.2, 0.25) is 5.91 Å². The van der Waals surface area contributed by atoms with Gasteiger partial charge in [0, 0.05) is 24.3 Å². The highest BCUT2D eigenvalue weighted by atomic mass is 16.5. The van der Waals surface area contributed by atoms with Crippen molar-refractivity contribution in [2.45, 2.75) is 20.3 Å². The normalized spacial score (nSPS) is 16.3. The number of carbonyl (C=O) groups is 3. The molecule has 1 aliphatic rings. The predicted octanol–water partition coefficient (Wildman–Crippen LogP) is 2.84. The Kier molecular flexibility index (Phi) is 5.54. The molecular weight excluding hydrogens is 344 g/mol. The molecule has 0 bridgehead atoms. The number of nitrogens with one attached hydrogen (secondary N) is 1. The second kappa shape index (κ2) is 8.03. The smallest absolute Gasteiger partial charge is 0.311 e. The van der Waals surface area contributed by atoms with E-state index in [2.05, 4.69) is 5.32 Å². The number of ether oxygens (including phenoxy) is 1. The summed E-state index contributed by atoms with van der Waals surface area (Å²) in [5.41, 5.74) is 3.41. The van der Waals surface area contributed by atoms with Crippen LogP contribution in [0.25, 0.3) is 0 Å². The summed E-state index contributed by atoms with van der Waals surface area (Å²) in [7, 11) is 0. The van der Waals surface area contributed by atoms with E-state index in [1.807, 2.05) is 62.4 Å². The Balaban J connectivity index is 1.53. The van der Waals surface area contributed by atoms with Gasteiger partial charge < -0.3 is 15.0 Å². The summed E-state index contributed by atoms with van der Waals surface area (Å²) in [5, 5.41) is 2.75. The molecular formula is C21H22N2O4. The minimum absolute atomic E-state index is 0.0896. The first kappa shape index (κ1) is 18.6. The van der Waals surface area contributed by atoms with Crippen LogP contribution in [0.2, 0.25) is 0 Å². The van der Waals surface area contributed by atoms with Gasteiger partial charge in [0.05, 0.1) is 5.92 Å². The zero-order valence-electron chi connectivity index (χ0n) is 15.4. The molecule has 1 fully saturated rings. The Hall–Kier alpha value is -3.15. The van der Waals surface area contributed by atoms with Gasteiger partial charge in [-0.1, -0.05) is 30.3 Å². The summed E-state index contributed by atoms with van der Waals surface area (Å²) in [6.45, 7) is 3.72. The van der Waals surface area contributed by atoms with Crippen molar-refractivity contribution in [1.29, 1.82) is 0 Å². The number of hydrogen-bond acceptors (Lipinski definition) is 4. The molecule has 1 atom stereocenters. The minimum Gasteiger partial charge on any atom is -0.455 e. The highest BCUT2D eigenvalue weighted by Gasteiger charge is 2.36. The van der Waals surface area contributed by atoms with E-state index < -0.39 is 17.8 Å². The van der Waals surface area contributed by atoms with Gasteiger partial charge >= 0.3 is 5.97 Å². The molecule has 2 amide bonds. The van der Waals surface area contributed by atoms with Crippen LogP contribution in [0.5, 0.6) is 0 Å². The van der Waals surface area contributed by atoms with Crippen molar-refractivity contribution < 1.29 is 19.1 Å². The van der Waals surface area contributed by atoms with E-state index in [4.69, 9.17) is 4.74 Å². The lowest BCUT2D eigenvalue weighted by atomic mass is 10.1. The summed E-state index contributed by atoms with van der Waals surface area (Å²) in [6.07, 6.45) is 0.0896. The molecule has 2 aromatic rings. The Labute approximate surface area is 158 Å². The number of rotatable bonds is 5. The standard InChI is InChI=1S/C21H22N2O4/c1-14-8-9-15(2)18(10-14)22-19(24)13-27-21(26)16-11-20(25)23(12-16)17-6-4-3-5-7-17/h3-10,16H,11-13H2,1-2H3,(H,22,24)/t16-/m1/s1. The van der Waals surface area contributed by atoms with Crippen molar-refractivity contribution in [2.24, 2.45) is 5.92 Å². The number of benzene rings is 2. The Morgan fingerprint density at radius 3 is 2.63 bits per heavy atom. The molecule has 6 heteroatoms. The van der Waals surface area contributed by atoms with Gasteiger partial charge in [-0.05, 0) is 43.2 Å². The second-order valence-corrected chi connectivity index (χ2v) is 6.72. The summed E-state index contributed by atoms with van der Waals surface area (Å²) >= 11 is 0. The third kappa shape index (κ3) is 4.53. The van der Waals surface area contributed by atoms with Crippen LogP contribution in [-0.2, 0) is 19.1 Å². The number of amides is 2. The number of nitrogens with zero attached hydrogens (tertiary/aromatic N) is 1. The maximum atomic E-state index is 12.3. The van der Waals surface area contributed by atoms with Crippen molar-refractivity contribution >= 4 is 29.2 Å². The third-order valence-corrected chi connectivity index (χ3v) is 4.54. The van der Waals surface area contributed by atoms with Gasteiger partial charge in [-0.3, -0.25) is 14.4 Å². The van der Waals surface area contributed by atoms with Crippen LogP contribution in [0.3, 0.4) is 0 Å². The fraction of sp³-hybridized carbons (Fsp3) is 0.286. The van der Waals surface area contributed by atoms with Crippen molar-refractivity contribution in [1.82, 2.24) is 0 Å².